The van der Waals surface area contributed by atoms with Gasteiger partial charge in [0.2, 0.25) is 15.2 Å². The summed E-state index contributed by atoms with van der Waals surface area (Å²) in [5, 5.41) is 6.82. The third-order valence-corrected chi connectivity index (χ3v) is 9.38. The van der Waals surface area contributed by atoms with Crippen LogP contribution in [0, 0.1) is 5.92 Å². The molecule has 0 spiro atoms. The highest BCUT2D eigenvalue weighted by molar-refractivity contribution is 7.89. The Bertz CT molecular complexity index is 1460. The maximum absolute atomic E-state index is 13.3. The zero-order valence-corrected chi connectivity index (χ0v) is 22.8. The molecule has 0 atom stereocenters. The largest absolute Gasteiger partial charge is 0.497 e. The Morgan fingerprint density at radius 1 is 1.03 bits per heavy atom. The monoisotopic (exact) mass is 546 g/mol. The number of benzene rings is 3. The number of hydrogen-bond donors (Lipinski definition) is 1. The maximum atomic E-state index is 13.3. The number of anilines is 1. The van der Waals surface area contributed by atoms with Gasteiger partial charge in [0.05, 0.1) is 23.9 Å². The number of ether oxygens (including phenoxy) is 1. The Balaban J connectivity index is 1.17. The molecule has 5 rings (SSSR count). The fraction of sp³-hybridized carbons (Fsp3) is 0.241. The molecule has 3 aromatic carbocycles. The standard InChI is InChI=1S/C29H30N4O3S2/c1-36-26-11-7-24(8-12-26)20-30-32-29-31-28(21-37-29)25-9-13-27(14-10-25)38(34,35)33-17-15-23(16-18-33)19-22-5-3-2-4-6-22/h2-14,20-21,23H,15-19H2,1H3,(H,31,32)/b30-20+. The normalized spacial score (nSPS) is 15.1. The third kappa shape index (κ3) is 6.30. The van der Waals surface area contributed by atoms with Gasteiger partial charge in [-0.25, -0.2) is 13.4 Å². The van der Waals surface area contributed by atoms with E-state index in [4.69, 9.17) is 4.74 Å². The van der Waals surface area contributed by atoms with Crippen molar-refractivity contribution in [1.82, 2.24) is 9.29 Å². The van der Waals surface area contributed by atoms with Crippen molar-refractivity contribution in [3.63, 3.8) is 0 Å². The van der Waals surface area contributed by atoms with Crippen LogP contribution in [0.3, 0.4) is 0 Å². The summed E-state index contributed by atoms with van der Waals surface area (Å²) in [4.78, 5) is 4.90. The molecule has 0 radical (unpaired) electrons. The first-order valence-corrected chi connectivity index (χ1v) is 14.9. The molecule has 1 aliphatic heterocycles. The number of piperidine rings is 1. The fourth-order valence-corrected chi connectivity index (χ4v) is 6.70. The molecule has 0 aliphatic carbocycles. The van der Waals surface area contributed by atoms with E-state index in [0.29, 0.717) is 29.0 Å². The summed E-state index contributed by atoms with van der Waals surface area (Å²) in [5.41, 5.74) is 6.83. The van der Waals surface area contributed by atoms with Crippen molar-refractivity contribution in [3.8, 4) is 17.0 Å². The van der Waals surface area contributed by atoms with Gasteiger partial charge in [-0.1, -0.05) is 42.5 Å². The van der Waals surface area contributed by atoms with Gasteiger partial charge in [0.15, 0.2) is 0 Å². The number of thiazole rings is 1. The van der Waals surface area contributed by atoms with Crippen LogP contribution >= 0.6 is 11.3 Å². The molecule has 1 aromatic heterocycles. The number of methoxy groups -OCH3 is 1. The number of hydrazone groups is 1. The lowest BCUT2D eigenvalue weighted by molar-refractivity contribution is 0.273. The van der Waals surface area contributed by atoms with Gasteiger partial charge in [-0.3, -0.25) is 5.43 Å². The van der Waals surface area contributed by atoms with Gasteiger partial charge < -0.3 is 4.74 Å². The molecule has 0 unspecified atom stereocenters. The van der Waals surface area contributed by atoms with Gasteiger partial charge in [-0.05, 0) is 72.7 Å². The van der Waals surface area contributed by atoms with E-state index in [1.807, 2.05) is 47.8 Å². The molecular weight excluding hydrogens is 516 g/mol. The van der Waals surface area contributed by atoms with Crippen molar-refractivity contribution in [3.05, 3.63) is 95.4 Å². The lowest BCUT2D eigenvalue weighted by atomic mass is 9.91. The van der Waals surface area contributed by atoms with Gasteiger partial charge in [0, 0.05) is 24.0 Å². The number of rotatable bonds is 9. The van der Waals surface area contributed by atoms with Gasteiger partial charge in [0.25, 0.3) is 0 Å². The van der Waals surface area contributed by atoms with Crippen LogP contribution in [0.5, 0.6) is 5.75 Å². The minimum absolute atomic E-state index is 0.320. The molecule has 0 saturated carbocycles. The molecule has 1 saturated heterocycles. The average molecular weight is 547 g/mol. The van der Waals surface area contributed by atoms with E-state index < -0.39 is 10.0 Å². The second kappa shape index (κ2) is 11.9. The Morgan fingerprint density at radius 3 is 2.42 bits per heavy atom. The van der Waals surface area contributed by atoms with Crippen molar-refractivity contribution in [2.24, 2.45) is 11.0 Å². The lowest BCUT2D eigenvalue weighted by Crippen LogP contribution is -2.38. The van der Waals surface area contributed by atoms with E-state index in [1.165, 1.54) is 16.9 Å². The number of aromatic nitrogens is 1. The number of nitrogens with one attached hydrogen (secondary N) is 1. The summed E-state index contributed by atoms with van der Waals surface area (Å²) in [6.07, 6.45) is 4.47. The van der Waals surface area contributed by atoms with Crippen molar-refractivity contribution in [2.45, 2.75) is 24.2 Å². The summed E-state index contributed by atoms with van der Waals surface area (Å²) in [5.74, 6) is 1.31. The zero-order chi connectivity index (χ0) is 26.4. The molecule has 38 heavy (non-hydrogen) atoms. The molecule has 196 valence electrons. The zero-order valence-electron chi connectivity index (χ0n) is 21.2. The summed E-state index contributed by atoms with van der Waals surface area (Å²) in [6, 6.07) is 25.0. The first-order chi connectivity index (χ1) is 18.5. The van der Waals surface area contributed by atoms with Crippen LogP contribution in [0.15, 0.2) is 94.2 Å². The van der Waals surface area contributed by atoms with E-state index in [2.05, 4.69) is 39.8 Å². The molecule has 1 fully saturated rings. The number of nitrogens with zero attached hydrogens (tertiary/aromatic N) is 3. The van der Waals surface area contributed by atoms with Gasteiger partial charge in [-0.15, -0.1) is 11.3 Å². The fourth-order valence-electron chi connectivity index (χ4n) is 4.56. The number of hydrogen-bond acceptors (Lipinski definition) is 7. The van der Waals surface area contributed by atoms with Crippen LogP contribution in [0.2, 0.25) is 0 Å². The molecule has 4 aromatic rings. The van der Waals surface area contributed by atoms with E-state index in [-0.39, 0.29) is 0 Å². The summed E-state index contributed by atoms with van der Waals surface area (Å²) in [6.45, 7) is 1.11. The van der Waals surface area contributed by atoms with Gasteiger partial charge in [0.1, 0.15) is 5.75 Å². The number of sulfonamides is 1. The van der Waals surface area contributed by atoms with Crippen LogP contribution in [0.1, 0.15) is 24.0 Å². The highest BCUT2D eigenvalue weighted by Gasteiger charge is 2.29. The van der Waals surface area contributed by atoms with E-state index >= 15 is 0 Å². The highest BCUT2D eigenvalue weighted by atomic mass is 32.2. The third-order valence-electron chi connectivity index (χ3n) is 6.72. The lowest BCUT2D eigenvalue weighted by Gasteiger charge is -2.31. The molecule has 7 nitrogen and oxygen atoms in total. The molecule has 0 amide bonds. The highest BCUT2D eigenvalue weighted by Crippen LogP contribution is 2.29. The summed E-state index contributed by atoms with van der Waals surface area (Å²) < 4.78 is 33.3. The Kier molecular flexibility index (Phi) is 8.17. The van der Waals surface area contributed by atoms with Gasteiger partial charge >= 0.3 is 0 Å². The minimum Gasteiger partial charge on any atom is -0.497 e. The van der Waals surface area contributed by atoms with Crippen LogP contribution in [-0.2, 0) is 16.4 Å². The summed E-state index contributed by atoms with van der Waals surface area (Å²) >= 11 is 1.44. The predicted molar refractivity (Wildman–Crippen MR) is 153 cm³/mol. The molecule has 0 bridgehead atoms. The molecular formula is C29H30N4O3S2. The molecule has 9 heteroatoms. The SMILES string of the molecule is COc1ccc(/C=N/Nc2nc(-c3ccc(S(=O)(=O)N4CCC(Cc5ccccc5)CC4)cc3)cs2)cc1. The Morgan fingerprint density at radius 2 is 1.74 bits per heavy atom. The molecule has 1 N–H and O–H groups in total. The Hall–Kier alpha value is -3.53. The second-order valence-corrected chi connectivity index (χ2v) is 12.0. The van der Waals surface area contributed by atoms with Gasteiger partial charge in [-0.2, -0.15) is 9.41 Å². The maximum Gasteiger partial charge on any atom is 0.243 e. The summed E-state index contributed by atoms with van der Waals surface area (Å²) in [7, 11) is -1.89. The average Bonchev–Trinajstić information content (AvgIpc) is 3.43. The van der Waals surface area contributed by atoms with Crippen molar-refractivity contribution < 1.29 is 13.2 Å². The first-order valence-electron chi connectivity index (χ1n) is 12.5. The molecule has 1 aliphatic rings. The smallest absolute Gasteiger partial charge is 0.243 e. The van der Waals surface area contributed by atoms with Crippen LogP contribution in [0.4, 0.5) is 5.13 Å². The van der Waals surface area contributed by atoms with E-state index in [9.17, 15) is 8.42 Å². The van der Waals surface area contributed by atoms with Crippen LogP contribution in [-0.4, -0.2) is 44.1 Å². The van der Waals surface area contributed by atoms with Crippen molar-refractivity contribution in [1.29, 1.82) is 0 Å². The second-order valence-electron chi connectivity index (χ2n) is 9.24. The van der Waals surface area contributed by atoms with Crippen LogP contribution in [0.25, 0.3) is 11.3 Å². The quantitative estimate of drug-likeness (QED) is 0.209. The minimum atomic E-state index is -3.52. The topological polar surface area (TPSA) is 83.9 Å². The van der Waals surface area contributed by atoms with E-state index in [0.717, 1.165) is 41.8 Å². The van der Waals surface area contributed by atoms with E-state index in [1.54, 1.807) is 29.8 Å². The molecule has 2 heterocycles. The first kappa shape index (κ1) is 26.1. The Labute approximate surface area is 227 Å². The predicted octanol–water partition coefficient (Wildman–Crippen LogP) is 5.91. The van der Waals surface area contributed by atoms with Crippen LogP contribution < -0.4 is 10.2 Å². The van der Waals surface area contributed by atoms with Crippen molar-refractivity contribution >= 4 is 32.7 Å². The van der Waals surface area contributed by atoms with Crippen molar-refractivity contribution in [2.75, 3.05) is 25.6 Å².